The van der Waals surface area contributed by atoms with E-state index < -0.39 is 0 Å². The van der Waals surface area contributed by atoms with Crippen LogP contribution in [0.1, 0.15) is 0 Å². The van der Waals surface area contributed by atoms with Crippen LogP contribution in [0, 0.1) is 0 Å². The smallest absolute Gasteiger partial charge is 0.167 e. The van der Waals surface area contributed by atoms with Crippen molar-refractivity contribution >= 4 is 54.3 Å². The number of fused-ring (bicyclic) bond motifs is 7. The first-order valence-electron chi connectivity index (χ1n) is 18.5. The fourth-order valence-corrected chi connectivity index (χ4v) is 8.18. The van der Waals surface area contributed by atoms with E-state index in [1.807, 2.05) is 24.3 Å². The summed E-state index contributed by atoms with van der Waals surface area (Å²) in [6.07, 6.45) is 0. The molecule has 0 saturated carbocycles. The largest absolute Gasteiger partial charge is 0.455 e. The van der Waals surface area contributed by atoms with Crippen LogP contribution in [0.3, 0.4) is 0 Å². The molecule has 11 rings (SSSR count). The molecule has 0 fully saturated rings. The number of rotatable bonds is 5. The first-order valence-corrected chi connectivity index (χ1v) is 18.5. The standard InChI is InChI=1S/C51H31N3O/c1-2-13-32(14-3-1)39-23-9-16-34-17-10-24-40(46(34)39)36-19-8-20-37(31-36)49-52-50(43-26-11-18-35-30-29-33-15-4-5-21-38(33)47(35)43)54-51(53-49)44-27-12-25-42-41-22-6-7-28-45(41)55-48(42)44/h1-31H. The minimum absolute atomic E-state index is 0.559. The van der Waals surface area contributed by atoms with Gasteiger partial charge < -0.3 is 4.42 Å². The Hall–Kier alpha value is -7.43. The molecular weight excluding hydrogens is 671 g/mol. The Labute approximate surface area is 317 Å². The molecule has 11 aromatic rings. The van der Waals surface area contributed by atoms with E-state index in [0.29, 0.717) is 17.5 Å². The molecule has 0 atom stereocenters. The summed E-state index contributed by atoms with van der Waals surface area (Å²) < 4.78 is 6.52. The highest BCUT2D eigenvalue weighted by atomic mass is 16.3. The second kappa shape index (κ2) is 12.6. The van der Waals surface area contributed by atoms with E-state index in [-0.39, 0.29) is 0 Å². The minimum Gasteiger partial charge on any atom is -0.455 e. The Morgan fingerprint density at radius 1 is 0.309 bits per heavy atom. The van der Waals surface area contributed by atoms with Gasteiger partial charge in [-0.15, -0.1) is 0 Å². The summed E-state index contributed by atoms with van der Waals surface area (Å²) in [4.78, 5) is 15.8. The molecule has 0 unspecified atom stereocenters. The summed E-state index contributed by atoms with van der Waals surface area (Å²) in [6.45, 7) is 0. The fourth-order valence-electron chi connectivity index (χ4n) is 8.18. The maximum absolute atomic E-state index is 6.52. The molecule has 0 amide bonds. The lowest BCUT2D eigenvalue weighted by Gasteiger charge is -2.14. The number of aromatic nitrogens is 3. The van der Waals surface area contributed by atoms with Crippen molar-refractivity contribution in [2.45, 2.75) is 0 Å². The van der Waals surface area contributed by atoms with E-state index in [9.17, 15) is 0 Å². The topological polar surface area (TPSA) is 51.8 Å². The third kappa shape index (κ3) is 5.19. The molecule has 0 aliphatic carbocycles. The highest BCUT2D eigenvalue weighted by Crippen LogP contribution is 2.40. The summed E-state index contributed by atoms with van der Waals surface area (Å²) >= 11 is 0. The third-order valence-electron chi connectivity index (χ3n) is 10.7. The molecule has 256 valence electrons. The van der Waals surface area contributed by atoms with Crippen LogP contribution in [-0.4, -0.2) is 15.0 Å². The van der Waals surface area contributed by atoms with Crippen molar-refractivity contribution in [3.05, 3.63) is 188 Å². The van der Waals surface area contributed by atoms with Gasteiger partial charge in [0.1, 0.15) is 11.2 Å². The highest BCUT2D eigenvalue weighted by molar-refractivity contribution is 6.14. The van der Waals surface area contributed by atoms with Gasteiger partial charge in [0, 0.05) is 27.3 Å². The van der Waals surface area contributed by atoms with Crippen molar-refractivity contribution in [1.82, 2.24) is 15.0 Å². The lowest BCUT2D eigenvalue weighted by molar-refractivity contribution is 0.669. The number of benzene rings is 9. The van der Waals surface area contributed by atoms with E-state index in [1.54, 1.807) is 0 Å². The molecule has 4 heteroatoms. The third-order valence-corrected chi connectivity index (χ3v) is 10.7. The number of furan rings is 1. The monoisotopic (exact) mass is 701 g/mol. The lowest BCUT2D eigenvalue weighted by Crippen LogP contribution is -2.01. The average Bonchev–Trinajstić information content (AvgIpc) is 3.65. The summed E-state index contributed by atoms with van der Waals surface area (Å²) in [5.41, 5.74) is 8.89. The van der Waals surface area contributed by atoms with Crippen molar-refractivity contribution in [2.24, 2.45) is 0 Å². The molecule has 0 aliphatic heterocycles. The average molecular weight is 702 g/mol. The molecule has 55 heavy (non-hydrogen) atoms. The van der Waals surface area contributed by atoms with Gasteiger partial charge >= 0.3 is 0 Å². The van der Waals surface area contributed by atoms with Gasteiger partial charge in [-0.25, -0.2) is 15.0 Å². The number of para-hydroxylation sites is 2. The highest BCUT2D eigenvalue weighted by Gasteiger charge is 2.20. The zero-order valence-corrected chi connectivity index (χ0v) is 29.6. The molecule has 9 aromatic carbocycles. The van der Waals surface area contributed by atoms with E-state index in [1.165, 1.54) is 27.3 Å². The van der Waals surface area contributed by atoms with Crippen molar-refractivity contribution in [3.8, 4) is 56.4 Å². The fraction of sp³-hybridized carbons (Fsp3) is 0. The molecule has 0 aliphatic rings. The van der Waals surface area contributed by atoms with Gasteiger partial charge in [-0.3, -0.25) is 0 Å². The van der Waals surface area contributed by atoms with Gasteiger partial charge in [-0.2, -0.15) is 0 Å². The second-order valence-corrected chi connectivity index (χ2v) is 13.9. The van der Waals surface area contributed by atoms with Crippen molar-refractivity contribution in [2.75, 3.05) is 0 Å². The lowest BCUT2D eigenvalue weighted by atomic mass is 9.91. The van der Waals surface area contributed by atoms with Crippen LogP contribution >= 0.6 is 0 Å². The Kier molecular flexibility index (Phi) is 7.14. The Morgan fingerprint density at radius 3 is 1.67 bits per heavy atom. The SMILES string of the molecule is c1ccc(-c2cccc3cccc(-c4cccc(-c5nc(-c6cccc7c6oc6ccccc67)nc(-c6cccc7ccc8ccccc8c67)n5)c4)c23)cc1. The van der Waals surface area contributed by atoms with Crippen LogP contribution in [0.4, 0.5) is 0 Å². The van der Waals surface area contributed by atoms with Gasteiger partial charge in [0.15, 0.2) is 17.5 Å². The van der Waals surface area contributed by atoms with Crippen molar-refractivity contribution in [1.29, 1.82) is 0 Å². The Bertz CT molecular complexity index is 3270. The van der Waals surface area contributed by atoms with Crippen molar-refractivity contribution in [3.63, 3.8) is 0 Å². The normalized spacial score (nSPS) is 11.6. The summed E-state index contributed by atoms with van der Waals surface area (Å²) in [5, 5.41) is 9.06. The van der Waals surface area contributed by atoms with Crippen LogP contribution in [0.2, 0.25) is 0 Å². The summed E-state index contributed by atoms with van der Waals surface area (Å²) in [5.74, 6) is 1.76. The molecule has 2 heterocycles. The number of nitrogens with zero attached hydrogens (tertiary/aromatic N) is 3. The Balaban J connectivity index is 1.16. The van der Waals surface area contributed by atoms with Crippen LogP contribution < -0.4 is 0 Å². The summed E-state index contributed by atoms with van der Waals surface area (Å²) in [7, 11) is 0. The molecule has 2 aromatic heterocycles. The molecule has 0 spiro atoms. The van der Waals surface area contributed by atoms with E-state index in [2.05, 4.69) is 164 Å². The second-order valence-electron chi connectivity index (χ2n) is 13.9. The molecule has 0 N–H and O–H groups in total. The maximum atomic E-state index is 6.52. The number of hydrogen-bond acceptors (Lipinski definition) is 4. The van der Waals surface area contributed by atoms with Crippen molar-refractivity contribution < 1.29 is 4.42 Å². The van der Waals surface area contributed by atoms with Crippen LogP contribution in [0.5, 0.6) is 0 Å². The maximum Gasteiger partial charge on any atom is 0.167 e. The van der Waals surface area contributed by atoms with Gasteiger partial charge in [-0.1, -0.05) is 170 Å². The molecule has 0 saturated heterocycles. The van der Waals surface area contributed by atoms with Crippen LogP contribution in [-0.2, 0) is 0 Å². The first-order chi connectivity index (χ1) is 27.3. The van der Waals surface area contributed by atoms with Gasteiger partial charge in [-0.05, 0) is 67.4 Å². The molecule has 0 radical (unpaired) electrons. The summed E-state index contributed by atoms with van der Waals surface area (Å²) in [6, 6.07) is 65.8. The minimum atomic E-state index is 0.559. The van der Waals surface area contributed by atoms with Gasteiger partial charge in [0.2, 0.25) is 0 Å². The van der Waals surface area contributed by atoms with Crippen LogP contribution in [0.25, 0.3) is 111 Å². The molecular formula is C51H31N3O. The Morgan fingerprint density at radius 2 is 0.836 bits per heavy atom. The predicted octanol–water partition coefficient (Wildman–Crippen LogP) is 13.6. The van der Waals surface area contributed by atoms with Gasteiger partial charge in [0.05, 0.1) is 5.56 Å². The zero-order valence-electron chi connectivity index (χ0n) is 29.6. The van der Waals surface area contributed by atoms with E-state index >= 15 is 0 Å². The zero-order chi connectivity index (χ0) is 36.3. The number of hydrogen-bond donors (Lipinski definition) is 0. The quantitative estimate of drug-likeness (QED) is 0.168. The first kappa shape index (κ1) is 31.1. The predicted molar refractivity (Wildman–Crippen MR) is 227 cm³/mol. The van der Waals surface area contributed by atoms with E-state index in [0.717, 1.165) is 65.9 Å². The molecule has 4 nitrogen and oxygen atoms in total. The van der Waals surface area contributed by atoms with E-state index in [4.69, 9.17) is 19.4 Å². The molecule has 0 bridgehead atoms. The van der Waals surface area contributed by atoms with Crippen LogP contribution in [0.15, 0.2) is 192 Å². The van der Waals surface area contributed by atoms with Gasteiger partial charge in [0.25, 0.3) is 0 Å².